The summed E-state index contributed by atoms with van der Waals surface area (Å²) in [5.41, 5.74) is 0. The normalized spacial score (nSPS) is 11.7. The molecule has 0 saturated heterocycles. The minimum Gasteiger partial charge on any atom is -0.354 e. The first kappa shape index (κ1) is 12.4. The molecule has 0 aliphatic carbocycles. The largest absolute Gasteiger partial charge is 0.354 e. The van der Waals surface area contributed by atoms with Crippen molar-refractivity contribution in [2.24, 2.45) is 0 Å². The van der Waals surface area contributed by atoms with Crippen LogP contribution in [0.4, 0.5) is 0 Å². The number of hydrogen-bond acceptors (Lipinski definition) is 3. The van der Waals surface area contributed by atoms with Crippen LogP contribution >= 0.6 is 0 Å². The molecule has 0 bridgehead atoms. The van der Waals surface area contributed by atoms with E-state index in [1.807, 2.05) is 13.8 Å². The van der Waals surface area contributed by atoms with Gasteiger partial charge in [0.25, 0.3) is 0 Å². The molecule has 2 N–H and O–H groups in total. The highest BCUT2D eigenvalue weighted by Crippen LogP contribution is 1.83. The topological polar surface area (TPSA) is 75.3 Å². The van der Waals surface area contributed by atoms with E-state index in [1.54, 1.807) is 0 Å². The van der Waals surface area contributed by atoms with E-state index in [9.17, 15) is 13.2 Å². The zero-order valence-electron chi connectivity index (χ0n) is 8.12. The fourth-order valence-electron chi connectivity index (χ4n) is 0.744. The minimum absolute atomic E-state index is 0.0886. The van der Waals surface area contributed by atoms with Gasteiger partial charge in [-0.25, -0.2) is 13.1 Å². The van der Waals surface area contributed by atoms with Gasteiger partial charge in [0, 0.05) is 19.0 Å². The lowest BCUT2D eigenvalue weighted by atomic mass is 10.3. The highest BCUT2D eigenvalue weighted by Gasteiger charge is 2.04. The molecule has 0 aromatic heterocycles. The standard InChI is InChI=1S/C7H16N2O3S/c1-6(2)9-7(10)4-5-8-13(3,11)12/h6,8H,4-5H2,1-3H3,(H,9,10). The first-order chi connectivity index (χ1) is 5.81. The van der Waals surface area contributed by atoms with E-state index in [1.165, 1.54) is 0 Å². The Morgan fingerprint density at radius 2 is 1.92 bits per heavy atom. The Bertz CT molecular complexity index is 259. The van der Waals surface area contributed by atoms with Crippen molar-refractivity contribution >= 4 is 15.9 Å². The van der Waals surface area contributed by atoms with Gasteiger partial charge in [0.05, 0.1) is 6.26 Å². The van der Waals surface area contributed by atoms with Crippen LogP contribution in [0, 0.1) is 0 Å². The number of carbonyl (C=O) groups excluding carboxylic acids is 1. The number of rotatable bonds is 5. The van der Waals surface area contributed by atoms with Gasteiger partial charge in [0.1, 0.15) is 0 Å². The van der Waals surface area contributed by atoms with Gasteiger partial charge in [-0.2, -0.15) is 0 Å². The van der Waals surface area contributed by atoms with Gasteiger partial charge in [-0.15, -0.1) is 0 Å². The van der Waals surface area contributed by atoms with Crippen LogP contribution in [-0.2, 0) is 14.8 Å². The molecule has 0 aliphatic heterocycles. The fourth-order valence-corrected chi connectivity index (χ4v) is 1.22. The first-order valence-corrected chi connectivity index (χ1v) is 5.94. The third-order valence-electron chi connectivity index (χ3n) is 1.17. The third-order valence-corrected chi connectivity index (χ3v) is 1.89. The summed E-state index contributed by atoms with van der Waals surface area (Å²) in [6.07, 6.45) is 1.23. The lowest BCUT2D eigenvalue weighted by Crippen LogP contribution is -2.33. The summed E-state index contributed by atoms with van der Waals surface area (Å²) in [4.78, 5) is 11.0. The van der Waals surface area contributed by atoms with E-state index in [0.717, 1.165) is 6.26 Å². The van der Waals surface area contributed by atoms with Gasteiger partial charge in [-0.1, -0.05) is 0 Å². The SMILES string of the molecule is CC(C)NC(=O)CCNS(C)(=O)=O. The average molecular weight is 208 g/mol. The number of nitrogens with one attached hydrogen (secondary N) is 2. The molecule has 0 spiro atoms. The third kappa shape index (κ3) is 9.29. The molecule has 1 amide bonds. The second-order valence-electron chi connectivity index (χ2n) is 3.14. The Hall–Kier alpha value is -0.620. The first-order valence-electron chi connectivity index (χ1n) is 4.05. The van der Waals surface area contributed by atoms with Crippen molar-refractivity contribution in [3.8, 4) is 0 Å². The van der Waals surface area contributed by atoms with E-state index in [2.05, 4.69) is 10.0 Å². The number of hydrogen-bond donors (Lipinski definition) is 2. The molecule has 0 aliphatic rings. The summed E-state index contributed by atoms with van der Waals surface area (Å²) >= 11 is 0. The quantitative estimate of drug-likeness (QED) is 0.636. The lowest BCUT2D eigenvalue weighted by Gasteiger charge is -2.07. The van der Waals surface area contributed by atoms with Crippen LogP contribution in [0.5, 0.6) is 0 Å². The summed E-state index contributed by atoms with van der Waals surface area (Å²) < 4.78 is 23.4. The van der Waals surface area contributed by atoms with Crippen molar-refractivity contribution in [2.45, 2.75) is 26.3 Å². The fraction of sp³-hybridized carbons (Fsp3) is 0.857. The Kier molecular flexibility index (Phi) is 4.94. The zero-order chi connectivity index (χ0) is 10.5. The average Bonchev–Trinajstić information content (AvgIpc) is 1.81. The molecule has 0 aromatic carbocycles. The highest BCUT2D eigenvalue weighted by atomic mass is 32.2. The molecular formula is C7H16N2O3S. The minimum atomic E-state index is -3.18. The summed E-state index contributed by atoms with van der Waals surface area (Å²) in [5, 5.41) is 2.66. The van der Waals surface area contributed by atoms with E-state index in [-0.39, 0.29) is 24.9 Å². The van der Waals surface area contributed by atoms with Gasteiger partial charge in [-0.05, 0) is 13.8 Å². The summed E-state index contributed by atoms with van der Waals surface area (Å²) in [5.74, 6) is -0.147. The van der Waals surface area contributed by atoms with Crippen LogP contribution in [-0.4, -0.2) is 33.2 Å². The van der Waals surface area contributed by atoms with Crippen LogP contribution in [0.2, 0.25) is 0 Å². The molecule has 0 saturated carbocycles. The molecule has 0 unspecified atom stereocenters. The molecule has 0 atom stereocenters. The highest BCUT2D eigenvalue weighted by molar-refractivity contribution is 7.88. The van der Waals surface area contributed by atoms with Crippen molar-refractivity contribution in [3.63, 3.8) is 0 Å². The number of carbonyl (C=O) groups is 1. The molecular weight excluding hydrogens is 192 g/mol. The summed E-state index contributed by atoms with van der Waals surface area (Å²) in [6, 6.07) is 0.0886. The van der Waals surface area contributed by atoms with E-state index < -0.39 is 10.0 Å². The molecule has 5 nitrogen and oxygen atoms in total. The number of amides is 1. The Balaban J connectivity index is 3.61. The Labute approximate surface area is 79.0 Å². The smallest absolute Gasteiger partial charge is 0.221 e. The van der Waals surface area contributed by atoms with E-state index in [0.29, 0.717) is 0 Å². The maximum absolute atomic E-state index is 11.0. The van der Waals surface area contributed by atoms with Crippen LogP contribution < -0.4 is 10.0 Å². The predicted molar refractivity (Wildman–Crippen MR) is 50.7 cm³/mol. The van der Waals surface area contributed by atoms with Crippen molar-refractivity contribution < 1.29 is 13.2 Å². The molecule has 0 aromatic rings. The second kappa shape index (κ2) is 5.18. The van der Waals surface area contributed by atoms with Crippen molar-refractivity contribution in [1.82, 2.24) is 10.0 Å². The molecule has 78 valence electrons. The molecule has 0 rings (SSSR count). The predicted octanol–water partition coefficient (Wildman–Crippen LogP) is -0.550. The van der Waals surface area contributed by atoms with E-state index >= 15 is 0 Å². The van der Waals surface area contributed by atoms with Gasteiger partial charge in [-0.3, -0.25) is 4.79 Å². The van der Waals surface area contributed by atoms with Crippen LogP contribution in [0.1, 0.15) is 20.3 Å². The van der Waals surface area contributed by atoms with Gasteiger partial charge >= 0.3 is 0 Å². The Morgan fingerprint density at radius 3 is 2.31 bits per heavy atom. The maximum Gasteiger partial charge on any atom is 0.221 e. The monoisotopic (exact) mass is 208 g/mol. The molecule has 0 heterocycles. The zero-order valence-corrected chi connectivity index (χ0v) is 8.94. The molecule has 6 heteroatoms. The van der Waals surface area contributed by atoms with Gasteiger partial charge in [0.15, 0.2) is 0 Å². The van der Waals surface area contributed by atoms with Crippen LogP contribution in [0.25, 0.3) is 0 Å². The van der Waals surface area contributed by atoms with Crippen molar-refractivity contribution in [2.75, 3.05) is 12.8 Å². The number of sulfonamides is 1. The second-order valence-corrected chi connectivity index (χ2v) is 4.97. The molecule has 0 radical (unpaired) electrons. The molecule has 13 heavy (non-hydrogen) atoms. The lowest BCUT2D eigenvalue weighted by molar-refractivity contribution is -0.121. The molecule has 0 fully saturated rings. The van der Waals surface area contributed by atoms with Gasteiger partial charge < -0.3 is 5.32 Å². The van der Waals surface area contributed by atoms with Gasteiger partial charge in [0.2, 0.25) is 15.9 Å². The summed E-state index contributed by atoms with van der Waals surface area (Å²) in [7, 11) is -3.18. The van der Waals surface area contributed by atoms with Crippen molar-refractivity contribution in [3.05, 3.63) is 0 Å². The van der Waals surface area contributed by atoms with Crippen LogP contribution in [0.15, 0.2) is 0 Å². The van der Waals surface area contributed by atoms with Crippen LogP contribution in [0.3, 0.4) is 0 Å². The van der Waals surface area contributed by atoms with Crippen molar-refractivity contribution in [1.29, 1.82) is 0 Å². The maximum atomic E-state index is 11.0. The summed E-state index contributed by atoms with van der Waals surface area (Å²) in [6.45, 7) is 3.85. The Morgan fingerprint density at radius 1 is 1.38 bits per heavy atom. The van der Waals surface area contributed by atoms with E-state index in [4.69, 9.17) is 0 Å².